The van der Waals surface area contributed by atoms with Crippen LogP contribution in [0.4, 0.5) is 0 Å². The van der Waals surface area contributed by atoms with Crippen molar-refractivity contribution in [1.29, 1.82) is 0 Å². The number of β-amino-alcohol motifs (C(OH)–C–C–N with tert-alkyl or cyclic N) is 1. The maximum atomic E-state index is 10.2. The van der Waals surface area contributed by atoms with Gasteiger partial charge in [0.2, 0.25) is 0 Å². The molecule has 0 radical (unpaired) electrons. The highest BCUT2D eigenvalue weighted by atomic mass is 16.5. The largest absolute Gasteiger partial charge is 0.389 e. The number of hydrogen-bond donors (Lipinski definition) is 3. The third kappa shape index (κ3) is 4.97. The number of nitrogens with two attached hydrogens (primary N) is 1. The standard InChI is InChI=1S/C15H30N2O3/c16-13(10-12-4-2-1-3-5-12)15(19)14(18)11-17-6-8-20-9-7-17/h12-15,18-19H,1-11,16H2/t13-,14?,15+/m0/s1. The molecular formula is C15H30N2O3. The highest BCUT2D eigenvalue weighted by molar-refractivity contribution is 4.84. The first-order valence-electron chi connectivity index (χ1n) is 8.08. The highest BCUT2D eigenvalue weighted by Gasteiger charge is 2.28. The number of hydrogen-bond acceptors (Lipinski definition) is 5. The molecular weight excluding hydrogens is 256 g/mol. The smallest absolute Gasteiger partial charge is 0.0962 e. The first-order chi connectivity index (χ1) is 9.66. The van der Waals surface area contributed by atoms with Crippen LogP contribution in [0.2, 0.25) is 0 Å². The molecule has 1 aliphatic heterocycles. The molecule has 1 aliphatic carbocycles. The molecule has 1 saturated heterocycles. The summed E-state index contributed by atoms with van der Waals surface area (Å²) >= 11 is 0. The molecule has 0 amide bonds. The Labute approximate surface area is 122 Å². The summed E-state index contributed by atoms with van der Waals surface area (Å²) in [5.74, 6) is 0.629. The van der Waals surface area contributed by atoms with Gasteiger partial charge in [0, 0.05) is 25.7 Å². The van der Waals surface area contributed by atoms with Gasteiger partial charge in [-0.25, -0.2) is 0 Å². The van der Waals surface area contributed by atoms with Crippen LogP contribution in [0.1, 0.15) is 38.5 Å². The van der Waals surface area contributed by atoms with Gasteiger partial charge in [-0.2, -0.15) is 0 Å². The molecule has 118 valence electrons. The topological polar surface area (TPSA) is 79.0 Å². The second-order valence-corrected chi connectivity index (χ2v) is 6.37. The van der Waals surface area contributed by atoms with Crippen molar-refractivity contribution in [3.8, 4) is 0 Å². The van der Waals surface area contributed by atoms with Gasteiger partial charge in [0.1, 0.15) is 0 Å². The highest BCUT2D eigenvalue weighted by Crippen LogP contribution is 2.27. The van der Waals surface area contributed by atoms with E-state index in [1.807, 2.05) is 0 Å². The Morgan fingerprint density at radius 2 is 1.75 bits per heavy atom. The number of ether oxygens (including phenoxy) is 1. The molecule has 20 heavy (non-hydrogen) atoms. The van der Waals surface area contributed by atoms with Gasteiger partial charge in [-0.15, -0.1) is 0 Å². The van der Waals surface area contributed by atoms with Crippen LogP contribution in [0.15, 0.2) is 0 Å². The van der Waals surface area contributed by atoms with Gasteiger partial charge in [-0.3, -0.25) is 4.90 Å². The molecule has 0 aromatic rings. The van der Waals surface area contributed by atoms with E-state index in [-0.39, 0.29) is 6.04 Å². The lowest BCUT2D eigenvalue weighted by Crippen LogP contribution is -2.50. The normalized spacial score (nSPS) is 27.1. The Morgan fingerprint density at radius 1 is 1.10 bits per heavy atom. The molecule has 2 fully saturated rings. The van der Waals surface area contributed by atoms with E-state index in [4.69, 9.17) is 10.5 Å². The fourth-order valence-electron chi connectivity index (χ4n) is 3.39. The molecule has 2 aliphatic rings. The van der Waals surface area contributed by atoms with E-state index in [1.54, 1.807) is 0 Å². The predicted octanol–water partition coefficient (Wildman–Crippen LogP) is 0.338. The summed E-state index contributed by atoms with van der Waals surface area (Å²) in [6, 6.07) is -0.311. The average Bonchev–Trinajstić information content (AvgIpc) is 2.48. The molecule has 0 bridgehead atoms. The van der Waals surface area contributed by atoms with Crippen LogP contribution in [0, 0.1) is 5.92 Å². The zero-order valence-electron chi connectivity index (χ0n) is 12.4. The maximum absolute atomic E-state index is 10.2. The van der Waals surface area contributed by atoms with E-state index in [1.165, 1.54) is 32.1 Å². The van der Waals surface area contributed by atoms with E-state index in [9.17, 15) is 10.2 Å². The Kier molecular flexibility index (Phi) is 6.71. The Balaban J connectivity index is 1.71. The van der Waals surface area contributed by atoms with Crippen LogP contribution in [-0.2, 0) is 4.74 Å². The van der Waals surface area contributed by atoms with Crippen LogP contribution < -0.4 is 5.73 Å². The summed E-state index contributed by atoms with van der Waals surface area (Å²) in [6.45, 7) is 3.54. The molecule has 2 rings (SSSR count). The van der Waals surface area contributed by atoms with E-state index in [0.29, 0.717) is 25.7 Å². The van der Waals surface area contributed by atoms with Gasteiger partial charge in [0.25, 0.3) is 0 Å². The zero-order chi connectivity index (χ0) is 14.4. The number of rotatable bonds is 6. The summed E-state index contributed by atoms with van der Waals surface area (Å²) in [5, 5.41) is 20.4. The van der Waals surface area contributed by atoms with Gasteiger partial charge >= 0.3 is 0 Å². The molecule has 5 heteroatoms. The molecule has 1 saturated carbocycles. The Bertz CT molecular complexity index is 240. The van der Waals surface area contributed by atoms with Gasteiger partial charge in [0.15, 0.2) is 0 Å². The molecule has 0 aromatic heterocycles. The molecule has 0 aromatic carbocycles. The summed E-state index contributed by atoms with van der Waals surface area (Å²) in [5.41, 5.74) is 6.10. The van der Waals surface area contributed by atoms with Crippen molar-refractivity contribution in [1.82, 2.24) is 4.90 Å². The van der Waals surface area contributed by atoms with Crippen molar-refractivity contribution < 1.29 is 14.9 Å². The minimum absolute atomic E-state index is 0.311. The zero-order valence-corrected chi connectivity index (χ0v) is 12.4. The first-order valence-corrected chi connectivity index (χ1v) is 8.08. The number of aliphatic hydroxyl groups is 2. The number of aliphatic hydroxyl groups excluding tert-OH is 2. The minimum atomic E-state index is -0.820. The summed E-state index contributed by atoms with van der Waals surface area (Å²) < 4.78 is 5.28. The van der Waals surface area contributed by atoms with Gasteiger partial charge in [-0.1, -0.05) is 32.1 Å². The lowest BCUT2D eigenvalue weighted by molar-refractivity contribution is -0.0390. The summed E-state index contributed by atoms with van der Waals surface area (Å²) in [6.07, 6.45) is 5.59. The van der Waals surface area contributed by atoms with Crippen LogP contribution in [0.5, 0.6) is 0 Å². The van der Waals surface area contributed by atoms with Gasteiger partial charge < -0.3 is 20.7 Å². The molecule has 1 unspecified atom stereocenters. The summed E-state index contributed by atoms with van der Waals surface area (Å²) in [4.78, 5) is 2.13. The lowest BCUT2D eigenvalue weighted by atomic mass is 9.83. The first kappa shape index (κ1) is 16.2. The van der Waals surface area contributed by atoms with Gasteiger partial charge in [0.05, 0.1) is 25.4 Å². The molecule has 5 nitrogen and oxygen atoms in total. The molecule has 1 heterocycles. The molecule has 4 N–H and O–H groups in total. The monoisotopic (exact) mass is 286 g/mol. The quantitative estimate of drug-likeness (QED) is 0.656. The van der Waals surface area contributed by atoms with Crippen molar-refractivity contribution in [3.05, 3.63) is 0 Å². The van der Waals surface area contributed by atoms with E-state index < -0.39 is 12.2 Å². The summed E-state index contributed by atoms with van der Waals surface area (Å²) in [7, 11) is 0. The fraction of sp³-hybridized carbons (Fsp3) is 1.00. The van der Waals surface area contributed by atoms with E-state index in [0.717, 1.165) is 19.5 Å². The van der Waals surface area contributed by atoms with Crippen LogP contribution in [0.25, 0.3) is 0 Å². The Hall–Kier alpha value is -0.200. The SMILES string of the molecule is N[C@@H](CC1CCCCC1)[C@@H](O)C(O)CN1CCOCC1. The number of nitrogens with zero attached hydrogens (tertiary/aromatic N) is 1. The van der Waals surface area contributed by atoms with Crippen LogP contribution in [0.3, 0.4) is 0 Å². The van der Waals surface area contributed by atoms with E-state index >= 15 is 0 Å². The van der Waals surface area contributed by atoms with Crippen molar-refractivity contribution in [2.24, 2.45) is 11.7 Å². The Morgan fingerprint density at radius 3 is 2.40 bits per heavy atom. The second kappa shape index (κ2) is 8.29. The average molecular weight is 286 g/mol. The third-order valence-electron chi connectivity index (χ3n) is 4.71. The van der Waals surface area contributed by atoms with Crippen molar-refractivity contribution in [2.75, 3.05) is 32.8 Å². The molecule has 0 spiro atoms. The van der Waals surface area contributed by atoms with E-state index in [2.05, 4.69) is 4.90 Å². The van der Waals surface area contributed by atoms with Crippen LogP contribution >= 0.6 is 0 Å². The minimum Gasteiger partial charge on any atom is -0.389 e. The van der Waals surface area contributed by atoms with Gasteiger partial charge in [-0.05, 0) is 12.3 Å². The number of morpholine rings is 1. The second-order valence-electron chi connectivity index (χ2n) is 6.37. The maximum Gasteiger partial charge on any atom is 0.0962 e. The van der Waals surface area contributed by atoms with Crippen molar-refractivity contribution >= 4 is 0 Å². The van der Waals surface area contributed by atoms with Crippen molar-refractivity contribution in [3.63, 3.8) is 0 Å². The lowest BCUT2D eigenvalue weighted by Gasteiger charge is -2.33. The molecule has 3 atom stereocenters. The fourth-order valence-corrected chi connectivity index (χ4v) is 3.39. The predicted molar refractivity (Wildman–Crippen MR) is 78.4 cm³/mol. The van der Waals surface area contributed by atoms with Crippen LogP contribution in [-0.4, -0.2) is 66.2 Å². The third-order valence-corrected chi connectivity index (χ3v) is 4.71. The van der Waals surface area contributed by atoms with Crippen molar-refractivity contribution in [2.45, 2.75) is 56.8 Å².